The average Bonchev–Trinajstić information content (AvgIpc) is 2.13. The van der Waals surface area contributed by atoms with E-state index in [1.54, 1.807) is 0 Å². The highest BCUT2D eigenvalue weighted by atomic mass is 35.5. The standard InChI is InChI=1S/C9H11Cl.C2H6/c1-3-8-4-5-9(10)7(2)6-8;1-2/h4-6H,3H2,1-2H3;1-2H3. The molecule has 0 nitrogen and oxygen atoms in total. The zero-order chi connectivity index (χ0) is 9.56. The summed E-state index contributed by atoms with van der Waals surface area (Å²) in [6.07, 6.45) is 1.08. The molecule has 0 saturated heterocycles. The average molecular weight is 185 g/mol. The summed E-state index contributed by atoms with van der Waals surface area (Å²) in [5.74, 6) is 0. The lowest BCUT2D eigenvalue weighted by molar-refractivity contribution is 1.13. The van der Waals surface area contributed by atoms with Gasteiger partial charge < -0.3 is 0 Å². The molecule has 1 rings (SSSR count). The third-order valence-corrected chi connectivity index (χ3v) is 2.05. The van der Waals surface area contributed by atoms with E-state index < -0.39 is 0 Å². The Morgan fingerprint density at radius 3 is 2.25 bits per heavy atom. The summed E-state index contributed by atoms with van der Waals surface area (Å²) in [6.45, 7) is 8.17. The summed E-state index contributed by atoms with van der Waals surface area (Å²) in [5.41, 5.74) is 2.52. The van der Waals surface area contributed by atoms with Crippen LogP contribution in [-0.2, 0) is 6.42 Å². The van der Waals surface area contributed by atoms with E-state index in [1.807, 2.05) is 26.8 Å². The SMILES string of the molecule is CC.CCc1ccc(Cl)c(C)c1. The van der Waals surface area contributed by atoms with Gasteiger partial charge in [-0.3, -0.25) is 0 Å². The molecule has 0 aliphatic carbocycles. The van der Waals surface area contributed by atoms with Crippen molar-refractivity contribution in [1.29, 1.82) is 0 Å². The number of aryl methyl sites for hydroxylation is 2. The second-order valence-corrected chi connectivity index (χ2v) is 2.84. The Morgan fingerprint density at radius 1 is 1.25 bits per heavy atom. The van der Waals surface area contributed by atoms with Crippen LogP contribution in [0.5, 0.6) is 0 Å². The van der Waals surface area contributed by atoms with Crippen molar-refractivity contribution in [2.24, 2.45) is 0 Å². The third kappa shape index (κ3) is 3.27. The maximum atomic E-state index is 5.84. The molecule has 0 aromatic heterocycles. The monoisotopic (exact) mass is 184 g/mol. The first-order valence-electron chi connectivity index (χ1n) is 4.49. The molecule has 1 heteroatoms. The molecular weight excluding hydrogens is 168 g/mol. The van der Waals surface area contributed by atoms with Gasteiger partial charge in [-0.1, -0.05) is 44.5 Å². The van der Waals surface area contributed by atoms with Gasteiger partial charge >= 0.3 is 0 Å². The van der Waals surface area contributed by atoms with Crippen molar-refractivity contribution in [2.75, 3.05) is 0 Å². The van der Waals surface area contributed by atoms with Gasteiger partial charge in [0.25, 0.3) is 0 Å². The number of hydrogen-bond acceptors (Lipinski definition) is 0. The summed E-state index contributed by atoms with van der Waals surface area (Å²) in [7, 11) is 0. The molecule has 0 saturated carbocycles. The van der Waals surface area contributed by atoms with E-state index in [0.717, 1.165) is 11.4 Å². The van der Waals surface area contributed by atoms with Crippen LogP contribution in [0.2, 0.25) is 5.02 Å². The Morgan fingerprint density at radius 2 is 1.83 bits per heavy atom. The third-order valence-electron chi connectivity index (χ3n) is 1.63. The van der Waals surface area contributed by atoms with Crippen molar-refractivity contribution in [1.82, 2.24) is 0 Å². The molecule has 1 aromatic carbocycles. The predicted octanol–water partition coefficient (Wildman–Crippen LogP) is 4.24. The lowest BCUT2D eigenvalue weighted by atomic mass is 10.1. The van der Waals surface area contributed by atoms with E-state index in [4.69, 9.17) is 11.6 Å². The van der Waals surface area contributed by atoms with Gasteiger partial charge in [0.2, 0.25) is 0 Å². The van der Waals surface area contributed by atoms with Crippen LogP contribution >= 0.6 is 11.6 Å². The van der Waals surface area contributed by atoms with Gasteiger partial charge in [-0.2, -0.15) is 0 Å². The molecule has 0 fully saturated rings. The number of benzene rings is 1. The molecule has 0 aliphatic rings. The first kappa shape index (κ1) is 11.5. The van der Waals surface area contributed by atoms with E-state index in [2.05, 4.69) is 19.1 Å². The van der Waals surface area contributed by atoms with Gasteiger partial charge in [-0.25, -0.2) is 0 Å². The highest BCUT2D eigenvalue weighted by molar-refractivity contribution is 6.31. The van der Waals surface area contributed by atoms with Crippen LogP contribution in [-0.4, -0.2) is 0 Å². The molecule has 0 N–H and O–H groups in total. The van der Waals surface area contributed by atoms with Crippen LogP contribution in [0.25, 0.3) is 0 Å². The van der Waals surface area contributed by atoms with Gasteiger partial charge in [0.05, 0.1) is 0 Å². The highest BCUT2D eigenvalue weighted by Crippen LogP contribution is 2.16. The minimum atomic E-state index is 0.859. The fourth-order valence-corrected chi connectivity index (χ4v) is 1.04. The maximum Gasteiger partial charge on any atom is 0.0435 e. The largest absolute Gasteiger partial charge is 0.0841 e. The first-order valence-corrected chi connectivity index (χ1v) is 4.87. The molecule has 68 valence electrons. The highest BCUT2D eigenvalue weighted by Gasteiger charge is 1.93. The summed E-state index contributed by atoms with van der Waals surface area (Å²) in [6, 6.07) is 6.15. The number of hydrogen-bond donors (Lipinski definition) is 0. The van der Waals surface area contributed by atoms with Crippen LogP contribution < -0.4 is 0 Å². The minimum absolute atomic E-state index is 0.859. The molecule has 12 heavy (non-hydrogen) atoms. The Hall–Kier alpha value is -0.490. The van der Waals surface area contributed by atoms with Crippen LogP contribution in [0.3, 0.4) is 0 Å². The van der Waals surface area contributed by atoms with Crippen molar-refractivity contribution in [2.45, 2.75) is 34.1 Å². The maximum absolute atomic E-state index is 5.84. The smallest absolute Gasteiger partial charge is 0.0435 e. The first-order chi connectivity index (χ1) is 5.74. The summed E-state index contributed by atoms with van der Waals surface area (Å²) >= 11 is 5.84. The van der Waals surface area contributed by atoms with Gasteiger partial charge in [-0.15, -0.1) is 0 Å². The second kappa shape index (κ2) is 6.07. The molecular formula is C11H17Cl. The lowest BCUT2D eigenvalue weighted by Gasteiger charge is -1.99. The van der Waals surface area contributed by atoms with Crippen LogP contribution in [0.1, 0.15) is 31.9 Å². The van der Waals surface area contributed by atoms with Crippen LogP contribution in [0.4, 0.5) is 0 Å². The van der Waals surface area contributed by atoms with Crippen molar-refractivity contribution in [3.05, 3.63) is 34.3 Å². The van der Waals surface area contributed by atoms with Crippen molar-refractivity contribution in [3.8, 4) is 0 Å². The molecule has 0 heterocycles. The fraction of sp³-hybridized carbons (Fsp3) is 0.455. The van der Waals surface area contributed by atoms with Crippen LogP contribution in [0.15, 0.2) is 18.2 Å². The zero-order valence-corrected chi connectivity index (χ0v) is 9.07. The van der Waals surface area contributed by atoms with Crippen molar-refractivity contribution in [3.63, 3.8) is 0 Å². The van der Waals surface area contributed by atoms with Crippen molar-refractivity contribution >= 4 is 11.6 Å². The van der Waals surface area contributed by atoms with E-state index in [1.165, 1.54) is 11.1 Å². The molecule has 0 amide bonds. The topological polar surface area (TPSA) is 0 Å². The zero-order valence-electron chi connectivity index (χ0n) is 8.32. The van der Waals surface area contributed by atoms with Gasteiger partial charge in [0.1, 0.15) is 0 Å². The van der Waals surface area contributed by atoms with E-state index in [-0.39, 0.29) is 0 Å². The van der Waals surface area contributed by atoms with Crippen molar-refractivity contribution < 1.29 is 0 Å². The molecule has 1 aromatic rings. The molecule has 0 aliphatic heterocycles. The molecule has 0 unspecified atom stereocenters. The Labute approximate surface area is 80.6 Å². The second-order valence-electron chi connectivity index (χ2n) is 2.44. The number of halogens is 1. The predicted molar refractivity (Wildman–Crippen MR) is 56.9 cm³/mol. The summed E-state index contributed by atoms with van der Waals surface area (Å²) in [4.78, 5) is 0. The lowest BCUT2D eigenvalue weighted by Crippen LogP contribution is -1.81. The Kier molecular flexibility index (Phi) is 5.83. The van der Waals surface area contributed by atoms with Gasteiger partial charge in [0.15, 0.2) is 0 Å². The van der Waals surface area contributed by atoms with Gasteiger partial charge in [-0.05, 0) is 30.5 Å². The van der Waals surface area contributed by atoms with E-state index in [9.17, 15) is 0 Å². The van der Waals surface area contributed by atoms with Gasteiger partial charge in [0, 0.05) is 5.02 Å². The molecule has 0 atom stereocenters. The quantitative estimate of drug-likeness (QED) is 0.613. The van der Waals surface area contributed by atoms with E-state index >= 15 is 0 Å². The van der Waals surface area contributed by atoms with Crippen LogP contribution in [0, 0.1) is 6.92 Å². The Balaban J connectivity index is 0.000000561. The Bertz CT molecular complexity index is 228. The summed E-state index contributed by atoms with van der Waals surface area (Å²) < 4.78 is 0. The normalized spacial score (nSPS) is 8.75. The fourth-order valence-electron chi connectivity index (χ4n) is 0.927. The number of rotatable bonds is 1. The molecule has 0 radical (unpaired) electrons. The summed E-state index contributed by atoms with van der Waals surface area (Å²) in [5, 5.41) is 0.859. The molecule has 0 spiro atoms. The van der Waals surface area contributed by atoms with E-state index in [0.29, 0.717) is 0 Å². The minimum Gasteiger partial charge on any atom is -0.0841 e. The molecule has 0 bridgehead atoms.